The summed E-state index contributed by atoms with van der Waals surface area (Å²) in [7, 11) is 0. The molecule has 3 heterocycles. The van der Waals surface area contributed by atoms with Gasteiger partial charge < -0.3 is 9.40 Å². The Hall–Kier alpha value is -3.05. The Labute approximate surface area is 303 Å². The molecule has 7 rings (SSSR count). The van der Waals surface area contributed by atoms with Crippen LogP contribution in [0.2, 0.25) is 17.3 Å². The zero-order chi connectivity index (χ0) is 33.2. The Morgan fingerprint density at radius 3 is 2.31 bits per heavy atom. The fourth-order valence-electron chi connectivity index (χ4n) is 6.91. The maximum Gasteiger partial charge on any atom is 0.120 e. The molecule has 3 aromatic heterocycles. The maximum atomic E-state index is 6.01. The van der Waals surface area contributed by atoms with E-state index in [1.807, 2.05) is 42.6 Å². The third-order valence-corrected chi connectivity index (χ3v) is 13.5. The van der Waals surface area contributed by atoms with Gasteiger partial charge in [-0.05, 0) is 24.8 Å². The van der Waals surface area contributed by atoms with Gasteiger partial charge in [0.25, 0.3) is 0 Å². The molecule has 3 aromatic carbocycles. The Kier molecular flexibility index (Phi) is 11.5. The van der Waals surface area contributed by atoms with Gasteiger partial charge >= 0.3 is 169 Å². The van der Waals surface area contributed by atoms with E-state index < -0.39 is 13.3 Å². The summed E-state index contributed by atoms with van der Waals surface area (Å²) in [4.78, 5) is 9.35. The van der Waals surface area contributed by atoms with Crippen LogP contribution in [0.3, 0.4) is 0 Å². The molecule has 5 heteroatoms. The molecule has 0 saturated heterocycles. The molecule has 1 saturated carbocycles. The zero-order valence-electron chi connectivity index (χ0n) is 29.5. The summed E-state index contributed by atoms with van der Waals surface area (Å²) >= 11 is -1.94. The van der Waals surface area contributed by atoms with Crippen molar-refractivity contribution in [3.8, 4) is 22.5 Å². The van der Waals surface area contributed by atoms with Gasteiger partial charge in [0.2, 0.25) is 0 Å². The third kappa shape index (κ3) is 8.56. The van der Waals surface area contributed by atoms with Gasteiger partial charge in [-0.15, -0.1) is 18.2 Å². The van der Waals surface area contributed by atoms with Crippen molar-refractivity contribution in [1.29, 1.82) is 0 Å². The van der Waals surface area contributed by atoms with E-state index in [1.54, 1.807) is 4.40 Å². The fourth-order valence-corrected chi connectivity index (χ4v) is 10.2. The molecule has 0 aliphatic heterocycles. The average molecular weight is 874 g/mol. The minimum Gasteiger partial charge on any atom is -0.501 e. The summed E-state index contributed by atoms with van der Waals surface area (Å²) in [6, 6.07) is 31.9. The summed E-state index contributed by atoms with van der Waals surface area (Å²) < 4.78 is 7.56. The first-order valence-corrected chi connectivity index (χ1v) is 24.6. The van der Waals surface area contributed by atoms with Gasteiger partial charge in [-0.3, -0.25) is 0 Å². The van der Waals surface area contributed by atoms with Crippen LogP contribution in [0.1, 0.15) is 75.5 Å². The molecule has 0 amide bonds. The summed E-state index contributed by atoms with van der Waals surface area (Å²) in [6.45, 7) is 9.07. The van der Waals surface area contributed by atoms with Gasteiger partial charge in [0.1, 0.15) is 5.58 Å². The van der Waals surface area contributed by atoms with Crippen LogP contribution < -0.4 is 4.40 Å². The molecule has 251 valence electrons. The number of fused-ring (bicyclic) bond motifs is 3. The van der Waals surface area contributed by atoms with Crippen LogP contribution in [0.25, 0.3) is 44.5 Å². The number of hydrogen-bond donors (Lipinski definition) is 0. The Balaban J connectivity index is 0.000000191. The number of benzene rings is 3. The van der Waals surface area contributed by atoms with Crippen molar-refractivity contribution < 1.29 is 24.5 Å². The van der Waals surface area contributed by atoms with E-state index in [1.165, 1.54) is 54.4 Å². The molecule has 48 heavy (non-hydrogen) atoms. The largest absolute Gasteiger partial charge is 0.501 e. The van der Waals surface area contributed by atoms with Crippen molar-refractivity contribution in [3.63, 3.8) is 0 Å². The molecular formula is C43H48GeIrN2O-2. The first kappa shape index (κ1) is 36.2. The number of rotatable bonds is 5. The van der Waals surface area contributed by atoms with Crippen LogP contribution in [0, 0.1) is 24.5 Å². The second kappa shape index (κ2) is 15.2. The molecule has 0 N–H and O–H groups in total. The molecule has 0 unspecified atom stereocenters. The number of para-hydroxylation sites is 1. The first-order chi connectivity index (χ1) is 22.5. The number of pyridine rings is 2. The summed E-state index contributed by atoms with van der Waals surface area (Å²) in [6.07, 6.45) is 11.9. The number of furan rings is 1. The van der Waals surface area contributed by atoms with Gasteiger partial charge in [0, 0.05) is 31.7 Å². The maximum absolute atomic E-state index is 6.01. The van der Waals surface area contributed by atoms with Crippen LogP contribution in [0.15, 0.2) is 89.6 Å². The van der Waals surface area contributed by atoms with E-state index in [0.29, 0.717) is 0 Å². The molecule has 1 fully saturated rings. The van der Waals surface area contributed by atoms with E-state index in [2.05, 4.69) is 105 Å². The van der Waals surface area contributed by atoms with E-state index in [9.17, 15) is 0 Å². The van der Waals surface area contributed by atoms with Gasteiger partial charge in [-0.25, -0.2) is 0 Å². The van der Waals surface area contributed by atoms with Crippen LogP contribution in [0.4, 0.5) is 0 Å². The van der Waals surface area contributed by atoms with Gasteiger partial charge in [0.15, 0.2) is 0 Å². The summed E-state index contributed by atoms with van der Waals surface area (Å²) in [5.41, 5.74) is 10.3. The second-order valence-corrected chi connectivity index (χ2v) is 26.1. The van der Waals surface area contributed by atoms with Crippen molar-refractivity contribution in [2.24, 2.45) is 5.41 Å². The third-order valence-electron chi connectivity index (χ3n) is 9.21. The van der Waals surface area contributed by atoms with Crippen LogP contribution in [-0.2, 0) is 26.5 Å². The Morgan fingerprint density at radius 2 is 1.58 bits per heavy atom. The van der Waals surface area contributed by atoms with Crippen molar-refractivity contribution in [2.75, 3.05) is 0 Å². The number of aromatic nitrogens is 2. The number of nitrogens with zero attached hydrogens (tertiary/aromatic N) is 2. The van der Waals surface area contributed by atoms with Gasteiger partial charge in [-0.1, -0.05) is 40.8 Å². The number of hydrogen-bond acceptors (Lipinski definition) is 3. The van der Waals surface area contributed by atoms with Crippen LogP contribution >= 0.6 is 0 Å². The molecule has 1 aliphatic rings. The number of aryl methyl sites for hydroxylation is 1. The van der Waals surface area contributed by atoms with E-state index >= 15 is 0 Å². The molecule has 3 nitrogen and oxygen atoms in total. The second-order valence-electron chi connectivity index (χ2n) is 15.5. The Bertz CT molecular complexity index is 1990. The molecule has 0 bridgehead atoms. The average Bonchev–Trinajstić information content (AvgIpc) is 3.43. The SMILES string of the molecule is CC(C)(C)Cc1cc(-c2[c-]ccc(C3CCCCC3)c2)nc[c]1[Ge]([CH3])([CH3])[CH3].Cc1ccnc(-c2[c-]ccc3c2oc2ccccc23)c1.[Ir]. The van der Waals surface area contributed by atoms with Crippen molar-refractivity contribution in [3.05, 3.63) is 114 Å². The molecule has 0 atom stereocenters. The standard InChI is InChI=1S/C25H36GeN.C18H12NO.Ir/c1-25(2,3)17-22-16-24(27-18-23(22)26(4,5)6)21-14-10-13-20(15-21)19-11-8-7-9-12-19;1-12-9-10-19-16(11-12)15-7-4-6-14-13-5-2-3-8-17(13)20-18(14)15;/h10,13,15-16,18-19H,7-9,11-12,17H2,1-6H3;2-6,8-11H,1H3;/q2*-1;. The summed E-state index contributed by atoms with van der Waals surface area (Å²) in [5, 5.41) is 2.24. The first-order valence-electron chi connectivity index (χ1n) is 17.2. The summed E-state index contributed by atoms with van der Waals surface area (Å²) in [5.74, 6) is 8.14. The molecule has 6 aromatic rings. The molecule has 0 spiro atoms. The van der Waals surface area contributed by atoms with E-state index in [-0.39, 0.29) is 25.5 Å². The normalized spacial score (nSPS) is 14.0. The van der Waals surface area contributed by atoms with Crippen molar-refractivity contribution in [2.45, 2.75) is 89.4 Å². The predicted molar refractivity (Wildman–Crippen MR) is 201 cm³/mol. The zero-order valence-corrected chi connectivity index (χ0v) is 34.0. The Morgan fingerprint density at radius 1 is 0.833 bits per heavy atom. The molecule has 1 aliphatic carbocycles. The smallest absolute Gasteiger partial charge is 0.120 e. The minimum atomic E-state index is -1.94. The van der Waals surface area contributed by atoms with E-state index in [4.69, 9.17) is 9.40 Å². The van der Waals surface area contributed by atoms with Crippen LogP contribution in [0.5, 0.6) is 0 Å². The monoisotopic (exact) mass is 875 g/mol. The molecular weight excluding hydrogens is 825 g/mol. The van der Waals surface area contributed by atoms with Crippen molar-refractivity contribution >= 4 is 39.6 Å². The predicted octanol–water partition coefficient (Wildman–Crippen LogP) is 11.5. The van der Waals surface area contributed by atoms with E-state index in [0.717, 1.165) is 51.2 Å². The van der Waals surface area contributed by atoms with Gasteiger partial charge in [0.05, 0.1) is 5.58 Å². The quantitative estimate of drug-likeness (QED) is 0.128. The molecule has 1 radical (unpaired) electrons. The van der Waals surface area contributed by atoms with Gasteiger partial charge in [-0.2, -0.15) is 0 Å². The van der Waals surface area contributed by atoms with Crippen molar-refractivity contribution in [1.82, 2.24) is 9.97 Å². The fraction of sp³-hybridized carbons (Fsp3) is 0.349. The topological polar surface area (TPSA) is 38.9 Å². The van der Waals surface area contributed by atoms with Crippen LogP contribution in [-0.4, -0.2) is 23.2 Å². The minimum absolute atomic E-state index is 0.